The average Bonchev–Trinajstić information content (AvgIpc) is 2.47. The number of hydrogen-bond acceptors (Lipinski definition) is 5. The van der Waals surface area contributed by atoms with E-state index in [1.807, 2.05) is 0 Å². The number of anilines is 1. The summed E-state index contributed by atoms with van der Waals surface area (Å²) in [5.41, 5.74) is 0.392. The highest BCUT2D eigenvalue weighted by atomic mass is 16.5. The van der Waals surface area contributed by atoms with Crippen molar-refractivity contribution in [1.29, 1.82) is 0 Å². The van der Waals surface area contributed by atoms with Gasteiger partial charge < -0.3 is 15.0 Å². The molecule has 1 aromatic heterocycles. The number of amides is 1. The van der Waals surface area contributed by atoms with E-state index in [0.29, 0.717) is 24.8 Å². The van der Waals surface area contributed by atoms with Gasteiger partial charge in [-0.3, -0.25) is 4.79 Å². The van der Waals surface area contributed by atoms with Crippen LogP contribution in [0.15, 0.2) is 12.3 Å². The summed E-state index contributed by atoms with van der Waals surface area (Å²) < 4.78 is 4.90. The van der Waals surface area contributed by atoms with E-state index in [0.717, 1.165) is 25.9 Å². The highest BCUT2D eigenvalue weighted by Crippen LogP contribution is 2.09. The molecule has 0 saturated heterocycles. The Morgan fingerprint density at radius 3 is 2.65 bits per heavy atom. The minimum atomic E-state index is -0.196. The Balaban J connectivity index is 2.74. The van der Waals surface area contributed by atoms with Crippen LogP contribution in [0.1, 0.15) is 37.2 Å². The first-order valence-corrected chi connectivity index (χ1v) is 7.08. The van der Waals surface area contributed by atoms with E-state index in [-0.39, 0.29) is 5.91 Å². The summed E-state index contributed by atoms with van der Waals surface area (Å²) in [7, 11) is 1.60. The Bertz CT molecular complexity index is 406. The van der Waals surface area contributed by atoms with Crippen molar-refractivity contribution >= 4 is 11.9 Å². The first-order valence-electron chi connectivity index (χ1n) is 7.08. The molecule has 1 heterocycles. The van der Waals surface area contributed by atoms with Crippen LogP contribution in [0, 0.1) is 0 Å². The molecule has 0 radical (unpaired) electrons. The molecule has 0 aliphatic carbocycles. The van der Waals surface area contributed by atoms with E-state index in [1.54, 1.807) is 19.4 Å². The molecule has 1 rings (SSSR count). The van der Waals surface area contributed by atoms with Gasteiger partial charge >= 0.3 is 0 Å². The van der Waals surface area contributed by atoms with Crippen molar-refractivity contribution in [2.45, 2.75) is 26.7 Å². The molecule has 1 amide bonds. The molecular formula is C14H24N4O2. The Kier molecular flexibility index (Phi) is 7.57. The topological polar surface area (TPSA) is 67.4 Å². The lowest BCUT2D eigenvalue weighted by Crippen LogP contribution is -2.30. The van der Waals surface area contributed by atoms with Crippen LogP contribution in [0.25, 0.3) is 0 Å². The maximum atomic E-state index is 11.9. The Labute approximate surface area is 120 Å². The lowest BCUT2D eigenvalue weighted by Gasteiger charge is -2.21. The van der Waals surface area contributed by atoms with Crippen molar-refractivity contribution in [3.05, 3.63) is 18.0 Å². The molecule has 0 spiro atoms. The summed E-state index contributed by atoms with van der Waals surface area (Å²) in [6, 6.07) is 1.63. The van der Waals surface area contributed by atoms with Gasteiger partial charge in [0.05, 0.1) is 6.61 Å². The molecule has 20 heavy (non-hydrogen) atoms. The third kappa shape index (κ3) is 5.13. The van der Waals surface area contributed by atoms with Gasteiger partial charge in [-0.15, -0.1) is 0 Å². The number of nitrogens with zero attached hydrogens (tertiary/aromatic N) is 3. The molecule has 112 valence electrons. The first kappa shape index (κ1) is 16.4. The lowest BCUT2D eigenvalue weighted by atomic mass is 10.3. The molecule has 6 heteroatoms. The third-order valence-electron chi connectivity index (χ3n) is 2.74. The zero-order valence-corrected chi connectivity index (χ0v) is 12.6. The molecule has 0 aromatic carbocycles. The zero-order chi connectivity index (χ0) is 14.8. The van der Waals surface area contributed by atoms with E-state index in [1.165, 1.54) is 0 Å². The van der Waals surface area contributed by atoms with Gasteiger partial charge in [-0.05, 0) is 18.9 Å². The second-order valence-corrected chi connectivity index (χ2v) is 4.48. The van der Waals surface area contributed by atoms with Crippen LogP contribution in [0.2, 0.25) is 0 Å². The van der Waals surface area contributed by atoms with Gasteiger partial charge in [0, 0.05) is 32.9 Å². The highest BCUT2D eigenvalue weighted by molar-refractivity contribution is 5.92. The number of ether oxygens (including phenoxy) is 1. The molecule has 0 bridgehead atoms. The third-order valence-corrected chi connectivity index (χ3v) is 2.74. The maximum Gasteiger partial charge on any atom is 0.270 e. The number of carbonyl (C=O) groups is 1. The number of aromatic nitrogens is 2. The monoisotopic (exact) mass is 280 g/mol. The van der Waals surface area contributed by atoms with Crippen LogP contribution >= 0.6 is 0 Å². The normalized spacial score (nSPS) is 10.3. The minimum Gasteiger partial charge on any atom is -0.383 e. The van der Waals surface area contributed by atoms with Crippen LogP contribution < -0.4 is 10.2 Å². The minimum absolute atomic E-state index is 0.196. The number of hydrogen-bond donors (Lipinski definition) is 1. The second kappa shape index (κ2) is 9.25. The van der Waals surface area contributed by atoms with Gasteiger partial charge in [-0.1, -0.05) is 13.8 Å². The summed E-state index contributed by atoms with van der Waals surface area (Å²) in [4.78, 5) is 22.7. The van der Waals surface area contributed by atoms with Gasteiger partial charge in [0.25, 0.3) is 5.91 Å². The van der Waals surface area contributed by atoms with Crippen molar-refractivity contribution in [3.63, 3.8) is 0 Å². The van der Waals surface area contributed by atoms with E-state index >= 15 is 0 Å². The average molecular weight is 280 g/mol. The van der Waals surface area contributed by atoms with Crippen molar-refractivity contribution in [2.75, 3.05) is 38.3 Å². The molecule has 0 aliphatic rings. The molecule has 0 saturated carbocycles. The van der Waals surface area contributed by atoms with E-state index in [9.17, 15) is 4.79 Å². The van der Waals surface area contributed by atoms with Crippen molar-refractivity contribution in [2.24, 2.45) is 0 Å². The van der Waals surface area contributed by atoms with Gasteiger partial charge in [0.1, 0.15) is 5.69 Å². The van der Waals surface area contributed by atoms with Crippen LogP contribution in [0.5, 0.6) is 0 Å². The fraction of sp³-hybridized carbons (Fsp3) is 0.643. The predicted octanol–water partition coefficient (Wildman–Crippen LogP) is 1.48. The highest BCUT2D eigenvalue weighted by Gasteiger charge is 2.12. The molecule has 0 atom stereocenters. The Hall–Kier alpha value is -1.69. The van der Waals surface area contributed by atoms with Gasteiger partial charge in [-0.25, -0.2) is 9.97 Å². The number of methoxy groups -OCH3 is 1. The van der Waals surface area contributed by atoms with Crippen LogP contribution in [-0.2, 0) is 4.74 Å². The van der Waals surface area contributed by atoms with Gasteiger partial charge in [0.15, 0.2) is 0 Å². The van der Waals surface area contributed by atoms with E-state index in [2.05, 4.69) is 34.0 Å². The zero-order valence-electron chi connectivity index (χ0n) is 12.6. The Morgan fingerprint density at radius 2 is 2.05 bits per heavy atom. The molecule has 0 unspecified atom stereocenters. The Morgan fingerprint density at radius 1 is 1.35 bits per heavy atom. The molecule has 0 aliphatic heterocycles. The van der Waals surface area contributed by atoms with E-state index < -0.39 is 0 Å². The van der Waals surface area contributed by atoms with Crippen molar-refractivity contribution in [1.82, 2.24) is 15.3 Å². The summed E-state index contributed by atoms with van der Waals surface area (Å²) in [5.74, 6) is 0.423. The molecule has 1 N–H and O–H groups in total. The molecule has 1 aromatic rings. The van der Waals surface area contributed by atoms with Crippen LogP contribution in [0.3, 0.4) is 0 Å². The quantitative estimate of drug-likeness (QED) is 0.694. The summed E-state index contributed by atoms with van der Waals surface area (Å²) in [6.07, 6.45) is 3.67. The van der Waals surface area contributed by atoms with Crippen LogP contribution in [0.4, 0.5) is 5.95 Å². The number of carbonyl (C=O) groups excluding carboxylic acids is 1. The summed E-state index contributed by atoms with van der Waals surface area (Å²) in [5, 5.41) is 2.76. The molecule has 6 nitrogen and oxygen atoms in total. The first-order chi connectivity index (χ1) is 9.72. The molecule has 0 fully saturated rings. The second-order valence-electron chi connectivity index (χ2n) is 4.48. The fourth-order valence-corrected chi connectivity index (χ4v) is 1.84. The fourth-order valence-electron chi connectivity index (χ4n) is 1.84. The number of nitrogens with one attached hydrogen (secondary N) is 1. The molecular weight excluding hydrogens is 256 g/mol. The summed E-state index contributed by atoms with van der Waals surface area (Å²) >= 11 is 0. The predicted molar refractivity (Wildman–Crippen MR) is 79.0 cm³/mol. The van der Waals surface area contributed by atoms with Gasteiger partial charge in [0.2, 0.25) is 5.95 Å². The summed E-state index contributed by atoms with van der Waals surface area (Å²) in [6.45, 7) is 6.98. The standard InChI is InChI=1S/C14H24N4O2/c1-4-9-18(10-5-2)14-16-7-6-12(17-14)13(19)15-8-11-20-3/h6-7H,4-5,8-11H2,1-3H3,(H,15,19). The number of rotatable bonds is 9. The van der Waals surface area contributed by atoms with Crippen molar-refractivity contribution in [3.8, 4) is 0 Å². The van der Waals surface area contributed by atoms with E-state index in [4.69, 9.17) is 4.74 Å². The largest absolute Gasteiger partial charge is 0.383 e. The SMILES string of the molecule is CCCN(CCC)c1nccc(C(=O)NCCOC)n1. The van der Waals surface area contributed by atoms with Crippen molar-refractivity contribution < 1.29 is 9.53 Å². The van der Waals surface area contributed by atoms with Crippen LogP contribution in [-0.4, -0.2) is 49.2 Å². The van der Waals surface area contributed by atoms with Gasteiger partial charge in [-0.2, -0.15) is 0 Å². The lowest BCUT2D eigenvalue weighted by molar-refractivity contribution is 0.0932. The smallest absolute Gasteiger partial charge is 0.270 e. The maximum absolute atomic E-state index is 11.9.